The molecule has 174 valence electrons. The van der Waals surface area contributed by atoms with Crippen molar-refractivity contribution in [2.45, 2.75) is 32.7 Å². The van der Waals surface area contributed by atoms with Crippen LogP contribution in [0.3, 0.4) is 0 Å². The summed E-state index contributed by atoms with van der Waals surface area (Å²) in [5.41, 5.74) is 1.75. The molecule has 2 heterocycles. The number of carbonyl (C=O) groups excluding carboxylic acids is 3. The lowest BCUT2D eigenvalue weighted by atomic mass is 9.93. The summed E-state index contributed by atoms with van der Waals surface area (Å²) in [6.45, 7) is 6.29. The van der Waals surface area contributed by atoms with Crippen molar-refractivity contribution in [1.82, 2.24) is 20.9 Å². The summed E-state index contributed by atoms with van der Waals surface area (Å²) in [6.07, 6.45) is 1.88. The van der Waals surface area contributed by atoms with Gasteiger partial charge in [0.1, 0.15) is 5.75 Å². The normalized spacial score (nSPS) is 19.7. The Morgan fingerprint density at radius 2 is 1.88 bits per heavy atom. The number of nitrogens with zero attached hydrogens (tertiary/aromatic N) is 1. The molecule has 1 aromatic carbocycles. The van der Waals surface area contributed by atoms with Gasteiger partial charge in [-0.3, -0.25) is 9.69 Å². The predicted octanol–water partition coefficient (Wildman–Crippen LogP) is 1.71. The maximum Gasteiger partial charge on any atom is 0.338 e. The first-order valence-electron chi connectivity index (χ1n) is 11.0. The molecule has 0 spiro atoms. The first-order chi connectivity index (χ1) is 15.4. The van der Waals surface area contributed by atoms with Gasteiger partial charge in [-0.2, -0.15) is 0 Å². The molecule has 1 fully saturated rings. The zero-order valence-corrected chi connectivity index (χ0v) is 18.9. The fourth-order valence-electron chi connectivity index (χ4n) is 4.10. The number of hydrogen-bond acceptors (Lipinski definition) is 6. The van der Waals surface area contributed by atoms with E-state index in [0.717, 1.165) is 31.5 Å². The molecule has 3 rings (SSSR count). The van der Waals surface area contributed by atoms with Gasteiger partial charge in [0.25, 0.3) is 0 Å². The number of esters is 1. The van der Waals surface area contributed by atoms with Gasteiger partial charge in [-0.1, -0.05) is 12.1 Å². The standard InChI is InChI=1S/C23H32N4O5/c1-4-32-22(29)20-19(14-27-11-9-16(10-12-27)13-24-15(2)28)25-23(30)26-21(20)17-5-7-18(31-3)8-6-17/h5-8,16,21H,4,9-14H2,1-3H3,(H,24,28)(H2,25,26,30). The van der Waals surface area contributed by atoms with Crippen molar-refractivity contribution in [3.8, 4) is 5.75 Å². The summed E-state index contributed by atoms with van der Waals surface area (Å²) in [7, 11) is 1.59. The van der Waals surface area contributed by atoms with Crippen LogP contribution in [0.5, 0.6) is 5.75 Å². The number of amides is 3. The van der Waals surface area contributed by atoms with Gasteiger partial charge in [-0.05, 0) is 56.5 Å². The van der Waals surface area contributed by atoms with Gasteiger partial charge in [0.05, 0.1) is 25.3 Å². The summed E-state index contributed by atoms with van der Waals surface area (Å²) < 4.78 is 10.6. The fourth-order valence-corrected chi connectivity index (χ4v) is 4.10. The average Bonchev–Trinajstić information content (AvgIpc) is 2.78. The molecule has 9 nitrogen and oxygen atoms in total. The average molecular weight is 445 g/mol. The van der Waals surface area contributed by atoms with Crippen molar-refractivity contribution in [2.75, 3.05) is 39.9 Å². The Kier molecular flexibility index (Phi) is 8.10. The number of urea groups is 1. The highest BCUT2D eigenvalue weighted by Gasteiger charge is 2.34. The minimum absolute atomic E-state index is 0.0151. The van der Waals surface area contributed by atoms with E-state index in [0.29, 0.717) is 36.0 Å². The molecule has 3 N–H and O–H groups in total. The number of methoxy groups -OCH3 is 1. The van der Waals surface area contributed by atoms with E-state index in [1.54, 1.807) is 26.2 Å². The third kappa shape index (κ3) is 6.00. The van der Waals surface area contributed by atoms with E-state index in [-0.39, 0.29) is 18.5 Å². The van der Waals surface area contributed by atoms with Crippen LogP contribution in [0.4, 0.5) is 4.79 Å². The molecule has 0 bridgehead atoms. The van der Waals surface area contributed by atoms with Crippen molar-refractivity contribution >= 4 is 17.9 Å². The molecule has 0 radical (unpaired) electrons. The van der Waals surface area contributed by atoms with Crippen LogP contribution in [0.1, 0.15) is 38.3 Å². The van der Waals surface area contributed by atoms with E-state index in [9.17, 15) is 14.4 Å². The van der Waals surface area contributed by atoms with Gasteiger partial charge in [-0.15, -0.1) is 0 Å². The minimum atomic E-state index is -0.610. The van der Waals surface area contributed by atoms with E-state index in [2.05, 4.69) is 20.9 Å². The van der Waals surface area contributed by atoms with Crippen LogP contribution in [-0.4, -0.2) is 62.7 Å². The summed E-state index contributed by atoms with van der Waals surface area (Å²) in [5, 5.41) is 8.57. The number of benzene rings is 1. The molecule has 0 saturated carbocycles. The molecule has 32 heavy (non-hydrogen) atoms. The van der Waals surface area contributed by atoms with Crippen molar-refractivity contribution in [1.29, 1.82) is 0 Å². The monoisotopic (exact) mass is 444 g/mol. The van der Waals surface area contributed by atoms with Crippen molar-refractivity contribution in [3.63, 3.8) is 0 Å². The van der Waals surface area contributed by atoms with Gasteiger partial charge >= 0.3 is 12.0 Å². The van der Waals surface area contributed by atoms with Gasteiger partial charge in [0.2, 0.25) is 5.91 Å². The zero-order valence-electron chi connectivity index (χ0n) is 18.9. The molecule has 1 atom stereocenters. The molecular formula is C23H32N4O5. The second-order valence-corrected chi connectivity index (χ2v) is 8.07. The Balaban J connectivity index is 1.80. The van der Waals surface area contributed by atoms with E-state index in [4.69, 9.17) is 9.47 Å². The molecule has 0 aliphatic carbocycles. The van der Waals surface area contributed by atoms with Gasteiger partial charge in [0, 0.05) is 25.7 Å². The molecule has 1 unspecified atom stereocenters. The number of rotatable bonds is 8. The SMILES string of the molecule is CCOC(=O)C1=C(CN2CCC(CNC(C)=O)CC2)NC(=O)NC1c1ccc(OC)cc1. The van der Waals surface area contributed by atoms with E-state index < -0.39 is 12.0 Å². The second kappa shape index (κ2) is 11.0. The molecule has 2 aliphatic rings. The Bertz CT molecular complexity index is 860. The lowest BCUT2D eigenvalue weighted by Crippen LogP contribution is -2.49. The maximum absolute atomic E-state index is 12.9. The zero-order chi connectivity index (χ0) is 23.1. The first kappa shape index (κ1) is 23.6. The van der Waals surface area contributed by atoms with Crippen molar-refractivity contribution in [3.05, 3.63) is 41.1 Å². The number of piperidine rings is 1. The van der Waals surface area contributed by atoms with Crippen LogP contribution >= 0.6 is 0 Å². The molecule has 2 aliphatic heterocycles. The summed E-state index contributed by atoms with van der Waals surface area (Å²) in [6, 6.07) is 6.30. The van der Waals surface area contributed by atoms with Crippen LogP contribution in [-0.2, 0) is 14.3 Å². The van der Waals surface area contributed by atoms with Crippen LogP contribution in [0, 0.1) is 5.92 Å². The van der Waals surface area contributed by atoms with Crippen LogP contribution in [0.15, 0.2) is 35.5 Å². The third-order valence-corrected chi connectivity index (χ3v) is 5.83. The number of ether oxygens (including phenoxy) is 2. The maximum atomic E-state index is 12.9. The summed E-state index contributed by atoms with van der Waals surface area (Å²) in [4.78, 5) is 38.7. The molecular weight excluding hydrogens is 412 g/mol. The Morgan fingerprint density at radius 1 is 1.19 bits per heavy atom. The van der Waals surface area contributed by atoms with Crippen LogP contribution in [0.2, 0.25) is 0 Å². The van der Waals surface area contributed by atoms with Gasteiger partial charge < -0.3 is 25.4 Å². The highest BCUT2D eigenvalue weighted by atomic mass is 16.5. The van der Waals surface area contributed by atoms with E-state index >= 15 is 0 Å². The van der Waals surface area contributed by atoms with Crippen LogP contribution < -0.4 is 20.7 Å². The number of carbonyl (C=O) groups is 3. The molecule has 3 amide bonds. The Labute approximate surface area is 188 Å². The highest BCUT2D eigenvalue weighted by molar-refractivity contribution is 5.95. The van der Waals surface area contributed by atoms with Crippen molar-refractivity contribution in [2.24, 2.45) is 5.92 Å². The number of hydrogen-bond donors (Lipinski definition) is 3. The number of nitrogens with one attached hydrogen (secondary N) is 3. The van der Waals surface area contributed by atoms with Crippen LogP contribution in [0.25, 0.3) is 0 Å². The summed E-state index contributed by atoms with van der Waals surface area (Å²) in [5.74, 6) is 0.663. The smallest absolute Gasteiger partial charge is 0.338 e. The molecule has 1 saturated heterocycles. The fraction of sp³-hybridized carbons (Fsp3) is 0.522. The lowest BCUT2D eigenvalue weighted by Gasteiger charge is -2.35. The van der Waals surface area contributed by atoms with Crippen molar-refractivity contribution < 1.29 is 23.9 Å². The summed E-state index contributed by atoms with van der Waals surface area (Å²) >= 11 is 0. The topological polar surface area (TPSA) is 109 Å². The molecule has 1 aromatic rings. The van der Waals surface area contributed by atoms with Gasteiger partial charge in [-0.25, -0.2) is 9.59 Å². The lowest BCUT2D eigenvalue weighted by molar-refractivity contribution is -0.139. The minimum Gasteiger partial charge on any atom is -0.497 e. The number of likely N-dealkylation sites (tertiary alicyclic amines) is 1. The van der Waals surface area contributed by atoms with Gasteiger partial charge in [0.15, 0.2) is 0 Å². The predicted molar refractivity (Wildman–Crippen MR) is 119 cm³/mol. The van der Waals surface area contributed by atoms with E-state index in [1.165, 1.54) is 6.92 Å². The third-order valence-electron chi connectivity index (χ3n) is 5.83. The largest absolute Gasteiger partial charge is 0.497 e. The quantitative estimate of drug-likeness (QED) is 0.527. The molecule has 0 aromatic heterocycles. The highest BCUT2D eigenvalue weighted by Crippen LogP contribution is 2.30. The Hall–Kier alpha value is -3.07. The second-order valence-electron chi connectivity index (χ2n) is 8.07. The van der Waals surface area contributed by atoms with E-state index in [1.807, 2.05) is 12.1 Å². The Morgan fingerprint density at radius 3 is 2.47 bits per heavy atom. The molecule has 9 heteroatoms. The first-order valence-corrected chi connectivity index (χ1v) is 11.0.